The van der Waals surface area contributed by atoms with E-state index >= 15 is 0 Å². The molecule has 1 spiro atoms. The van der Waals surface area contributed by atoms with Gasteiger partial charge in [-0.25, -0.2) is 14.6 Å². The normalized spacial score (nSPS) is 21.3. The summed E-state index contributed by atoms with van der Waals surface area (Å²) in [6.45, 7) is 7.20. The molecule has 1 saturated heterocycles. The summed E-state index contributed by atoms with van der Waals surface area (Å²) in [6.07, 6.45) is 2.63. The van der Waals surface area contributed by atoms with Crippen LogP contribution in [-0.2, 0) is 32.8 Å². The van der Waals surface area contributed by atoms with E-state index in [-0.39, 0.29) is 30.9 Å². The fourth-order valence-electron chi connectivity index (χ4n) is 5.25. The van der Waals surface area contributed by atoms with Crippen LogP contribution in [0.15, 0.2) is 29.6 Å². The Balaban J connectivity index is 1.29. The van der Waals surface area contributed by atoms with Crippen molar-refractivity contribution in [2.45, 2.75) is 77.1 Å². The van der Waals surface area contributed by atoms with E-state index in [9.17, 15) is 19.2 Å². The highest BCUT2D eigenvalue weighted by molar-refractivity contribution is 7.13. The molecule has 5 amide bonds. The quantitative estimate of drug-likeness (QED) is 0.513. The summed E-state index contributed by atoms with van der Waals surface area (Å²) >= 11 is 1.24. The standard InChI is InChI=1S/C27H33N5O5S/c1-16(17-9-10-17)31(13-19-15-38-23(28-19)29-25(36)37-26(2,3)4)21(33)14-32-22(34)27(30-24(32)35)12-11-18-7-5-6-8-20(18)27/h5-8,15-17H,9-14H2,1-4H3,(H,30,35)(H,28,29,36)/t16-,27-/m0/s1. The number of nitrogens with one attached hydrogen (secondary N) is 2. The number of benzene rings is 1. The number of carbonyl (C=O) groups is 4. The molecule has 2 aliphatic carbocycles. The van der Waals surface area contributed by atoms with Gasteiger partial charge in [-0.05, 0) is 70.4 Å². The predicted octanol–water partition coefficient (Wildman–Crippen LogP) is 4.01. The Labute approximate surface area is 225 Å². The number of hydrogen-bond donors (Lipinski definition) is 2. The van der Waals surface area contributed by atoms with Gasteiger partial charge >= 0.3 is 12.1 Å². The van der Waals surface area contributed by atoms with E-state index in [1.807, 2.05) is 31.2 Å². The Hall–Kier alpha value is -3.47. The number of amides is 5. The second-order valence-corrected chi connectivity index (χ2v) is 12.1. The lowest BCUT2D eigenvalue weighted by molar-refractivity contribution is -0.141. The largest absolute Gasteiger partial charge is 0.444 e. The number of hydrogen-bond acceptors (Lipinski definition) is 7. The minimum atomic E-state index is -1.10. The molecule has 0 bridgehead atoms. The first kappa shape index (κ1) is 26.1. The van der Waals surface area contributed by atoms with Crippen LogP contribution >= 0.6 is 11.3 Å². The Morgan fingerprint density at radius 3 is 2.74 bits per heavy atom. The third-order valence-corrected chi connectivity index (χ3v) is 8.13. The van der Waals surface area contributed by atoms with Gasteiger partial charge in [0.05, 0.1) is 12.2 Å². The van der Waals surface area contributed by atoms with Crippen molar-refractivity contribution in [2.24, 2.45) is 5.92 Å². The minimum Gasteiger partial charge on any atom is -0.444 e. The average molecular weight is 540 g/mol. The number of anilines is 1. The third-order valence-electron chi connectivity index (χ3n) is 7.32. The van der Waals surface area contributed by atoms with Crippen LogP contribution in [0, 0.1) is 5.92 Å². The zero-order valence-electron chi connectivity index (χ0n) is 22.1. The van der Waals surface area contributed by atoms with Gasteiger partial charge in [0.1, 0.15) is 17.7 Å². The zero-order chi connectivity index (χ0) is 27.2. The van der Waals surface area contributed by atoms with Gasteiger partial charge in [0.25, 0.3) is 5.91 Å². The van der Waals surface area contributed by atoms with E-state index in [1.165, 1.54) is 11.3 Å². The summed E-state index contributed by atoms with van der Waals surface area (Å²) in [6, 6.07) is 7.00. The lowest BCUT2D eigenvalue weighted by atomic mass is 9.92. The molecule has 1 aromatic heterocycles. The van der Waals surface area contributed by atoms with Crippen molar-refractivity contribution >= 4 is 40.4 Å². The van der Waals surface area contributed by atoms with E-state index in [2.05, 4.69) is 15.6 Å². The Kier molecular flexibility index (Phi) is 6.66. The molecule has 1 aromatic carbocycles. The van der Waals surface area contributed by atoms with Gasteiger partial charge in [0.2, 0.25) is 5.91 Å². The summed E-state index contributed by atoms with van der Waals surface area (Å²) in [5.74, 6) is -0.323. The van der Waals surface area contributed by atoms with Crippen LogP contribution in [-0.4, -0.2) is 56.9 Å². The van der Waals surface area contributed by atoms with Gasteiger partial charge < -0.3 is 15.0 Å². The number of aryl methyl sites for hydroxylation is 1. The number of aromatic nitrogens is 1. The van der Waals surface area contributed by atoms with Gasteiger partial charge in [0, 0.05) is 11.4 Å². The highest BCUT2D eigenvalue weighted by Gasteiger charge is 2.55. The van der Waals surface area contributed by atoms with Gasteiger partial charge in [-0.3, -0.25) is 19.8 Å². The lowest BCUT2D eigenvalue weighted by Crippen LogP contribution is -2.47. The smallest absolute Gasteiger partial charge is 0.413 e. The van der Waals surface area contributed by atoms with Crippen LogP contribution < -0.4 is 10.6 Å². The van der Waals surface area contributed by atoms with Crippen LogP contribution in [0.4, 0.5) is 14.7 Å². The van der Waals surface area contributed by atoms with E-state index in [1.54, 1.807) is 31.1 Å². The van der Waals surface area contributed by atoms with Crippen molar-refractivity contribution in [3.63, 3.8) is 0 Å². The molecule has 2 N–H and O–H groups in total. The highest BCUT2D eigenvalue weighted by Crippen LogP contribution is 2.41. The summed E-state index contributed by atoms with van der Waals surface area (Å²) in [4.78, 5) is 59.4. The van der Waals surface area contributed by atoms with Crippen LogP contribution in [0.5, 0.6) is 0 Å². The molecule has 38 heavy (non-hydrogen) atoms. The van der Waals surface area contributed by atoms with Crippen LogP contribution in [0.2, 0.25) is 0 Å². The molecular formula is C27H33N5O5S. The van der Waals surface area contributed by atoms with Crippen LogP contribution in [0.3, 0.4) is 0 Å². The molecule has 0 radical (unpaired) electrons. The molecule has 202 valence electrons. The van der Waals surface area contributed by atoms with E-state index in [0.29, 0.717) is 29.6 Å². The SMILES string of the molecule is C[C@@H](C1CC1)N(Cc1csc(NC(=O)OC(C)(C)C)n1)C(=O)CN1C(=O)N[C@]2(CCc3ccccc32)C1=O. The number of thiazole rings is 1. The van der Waals surface area contributed by atoms with E-state index in [4.69, 9.17) is 4.74 Å². The number of nitrogens with zero attached hydrogens (tertiary/aromatic N) is 3. The fourth-order valence-corrected chi connectivity index (χ4v) is 5.94. The summed E-state index contributed by atoms with van der Waals surface area (Å²) in [7, 11) is 0. The molecule has 2 heterocycles. The molecule has 1 aliphatic heterocycles. The Morgan fingerprint density at radius 1 is 1.29 bits per heavy atom. The second-order valence-electron chi connectivity index (χ2n) is 11.3. The van der Waals surface area contributed by atoms with Crippen molar-refractivity contribution < 1.29 is 23.9 Å². The summed E-state index contributed by atoms with van der Waals surface area (Å²) in [5, 5.41) is 7.67. The van der Waals surface area contributed by atoms with Gasteiger partial charge in [-0.15, -0.1) is 11.3 Å². The molecule has 1 saturated carbocycles. The van der Waals surface area contributed by atoms with Gasteiger partial charge in [-0.2, -0.15) is 0 Å². The third kappa shape index (κ3) is 5.11. The van der Waals surface area contributed by atoms with Gasteiger partial charge in [-0.1, -0.05) is 24.3 Å². The predicted molar refractivity (Wildman–Crippen MR) is 141 cm³/mol. The monoisotopic (exact) mass is 539 g/mol. The van der Waals surface area contributed by atoms with Crippen LogP contribution in [0.1, 0.15) is 63.8 Å². The molecule has 0 unspecified atom stereocenters. The maximum Gasteiger partial charge on any atom is 0.413 e. The van der Waals surface area contributed by atoms with E-state index in [0.717, 1.165) is 28.9 Å². The zero-order valence-corrected chi connectivity index (χ0v) is 22.9. The van der Waals surface area contributed by atoms with Crippen LogP contribution in [0.25, 0.3) is 0 Å². The van der Waals surface area contributed by atoms with Crippen molar-refractivity contribution in [3.8, 4) is 0 Å². The molecule has 2 atom stereocenters. The number of urea groups is 1. The molecule has 2 fully saturated rings. The topological polar surface area (TPSA) is 121 Å². The number of imide groups is 1. The molecule has 10 nitrogen and oxygen atoms in total. The highest BCUT2D eigenvalue weighted by atomic mass is 32.1. The number of fused-ring (bicyclic) bond motifs is 2. The minimum absolute atomic E-state index is 0.0756. The first-order chi connectivity index (χ1) is 18.0. The maximum absolute atomic E-state index is 13.6. The molecular weight excluding hydrogens is 506 g/mol. The van der Waals surface area contributed by atoms with E-state index < -0.39 is 23.3 Å². The summed E-state index contributed by atoms with van der Waals surface area (Å²) in [5.41, 5.74) is 0.728. The molecule has 2 aromatic rings. The first-order valence-electron chi connectivity index (χ1n) is 12.9. The Bertz CT molecular complexity index is 1280. The molecule has 3 aliphatic rings. The lowest BCUT2D eigenvalue weighted by Gasteiger charge is -2.30. The van der Waals surface area contributed by atoms with Crippen molar-refractivity contribution in [1.29, 1.82) is 0 Å². The number of ether oxygens (including phenoxy) is 1. The van der Waals surface area contributed by atoms with Gasteiger partial charge in [0.15, 0.2) is 5.13 Å². The second kappa shape index (κ2) is 9.68. The average Bonchev–Trinajstić information content (AvgIpc) is 3.44. The number of rotatable bonds is 7. The fraction of sp³-hybridized carbons (Fsp3) is 0.519. The van der Waals surface area contributed by atoms with Crippen molar-refractivity contribution in [3.05, 3.63) is 46.5 Å². The van der Waals surface area contributed by atoms with Crippen molar-refractivity contribution in [2.75, 3.05) is 11.9 Å². The molecule has 11 heteroatoms. The number of carbonyl (C=O) groups excluding carboxylic acids is 4. The Morgan fingerprint density at radius 2 is 2.03 bits per heavy atom. The molecule has 5 rings (SSSR count). The first-order valence-corrected chi connectivity index (χ1v) is 13.8. The summed E-state index contributed by atoms with van der Waals surface area (Å²) < 4.78 is 5.28. The maximum atomic E-state index is 13.6. The van der Waals surface area contributed by atoms with Crippen molar-refractivity contribution in [1.82, 2.24) is 20.1 Å².